The number of nitrogens with one attached hydrogen (secondary N) is 2. The van der Waals surface area contributed by atoms with E-state index in [1.165, 1.54) is 6.26 Å². The van der Waals surface area contributed by atoms with Crippen LogP contribution in [-0.2, 0) is 9.59 Å². The van der Waals surface area contributed by atoms with Crippen molar-refractivity contribution in [2.24, 2.45) is 0 Å². The van der Waals surface area contributed by atoms with E-state index in [4.69, 9.17) is 4.42 Å². The molecule has 1 aliphatic rings. The van der Waals surface area contributed by atoms with Crippen molar-refractivity contribution in [3.8, 4) is 11.4 Å². The topological polar surface area (TPSA) is 104 Å². The highest BCUT2D eigenvalue weighted by Gasteiger charge is 2.32. The number of H-pyrrole nitrogens is 1. The zero-order valence-electron chi connectivity index (χ0n) is 13.6. The van der Waals surface area contributed by atoms with Crippen molar-refractivity contribution in [3.05, 3.63) is 18.6 Å². The second kappa shape index (κ2) is 7.29. The molecule has 0 bridgehead atoms. The molecule has 8 nitrogen and oxygen atoms in total. The van der Waals surface area contributed by atoms with E-state index in [1.54, 1.807) is 17.2 Å². The molecule has 128 valence electrons. The van der Waals surface area contributed by atoms with Crippen molar-refractivity contribution >= 4 is 17.8 Å². The van der Waals surface area contributed by atoms with E-state index < -0.39 is 6.04 Å². The molecule has 1 atom stereocenters. The van der Waals surface area contributed by atoms with E-state index in [0.717, 1.165) is 24.8 Å². The first-order valence-corrected chi connectivity index (χ1v) is 8.24. The van der Waals surface area contributed by atoms with Crippen molar-refractivity contribution in [2.75, 3.05) is 11.9 Å². The molecule has 1 saturated heterocycles. The first-order chi connectivity index (χ1) is 11.7. The van der Waals surface area contributed by atoms with Gasteiger partial charge in [-0.05, 0) is 31.7 Å². The van der Waals surface area contributed by atoms with E-state index in [-0.39, 0.29) is 17.8 Å². The Hall–Kier alpha value is -2.64. The van der Waals surface area contributed by atoms with Gasteiger partial charge in [-0.2, -0.15) is 4.98 Å². The van der Waals surface area contributed by atoms with Crippen LogP contribution in [0.5, 0.6) is 0 Å². The Morgan fingerprint density at radius 3 is 3.08 bits per heavy atom. The number of hydrogen-bond acceptors (Lipinski definition) is 5. The third kappa shape index (κ3) is 3.47. The Morgan fingerprint density at radius 1 is 1.46 bits per heavy atom. The number of amides is 2. The van der Waals surface area contributed by atoms with Crippen LogP contribution in [-0.4, -0.2) is 44.5 Å². The quantitative estimate of drug-likeness (QED) is 0.874. The molecule has 2 N–H and O–H groups in total. The highest BCUT2D eigenvalue weighted by molar-refractivity contribution is 5.96. The van der Waals surface area contributed by atoms with Gasteiger partial charge in [0, 0.05) is 13.0 Å². The van der Waals surface area contributed by atoms with E-state index >= 15 is 0 Å². The molecule has 24 heavy (non-hydrogen) atoms. The average molecular weight is 331 g/mol. The molecule has 0 aliphatic carbocycles. The van der Waals surface area contributed by atoms with Gasteiger partial charge < -0.3 is 9.32 Å². The van der Waals surface area contributed by atoms with Gasteiger partial charge in [-0.15, -0.1) is 5.10 Å². The standard InChI is InChI=1S/C16H21N5O3/c1-2-5-13(22)21-8-4-3-6-12(21)15(23)18-16-17-14(19-20-16)11-7-9-24-10-11/h7,9-10,12H,2-6,8H2,1H3,(H2,17,18,19,20,23)/t12-/m0/s1. The van der Waals surface area contributed by atoms with E-state index in [9.17, 15) is 9.59 Å². The lowest BCUT2D eigenvalue weighted by atomic mass is 10.0. The monoisotopic (exact) mass is 331 g/mol. The molecule has 3 heterocycles. The summed E-state index contributed by atoms with van der Waals surface area (Å²) in [6.45, 7) is 2.59. The number of carbonyl (C=O) groups is 2. The molecule has 3 rings (SSSR count). The molecule has 0 radical (unpaired) electrons. The lowest BCUT2D eigenvalue weighted by molar-refractivity contribution is -0.140. The Balaban J connectivity index is 1.68. The largest absolute Gasteiger partial charge is 0.472 e. The summed E-state index contributed by atoms with van der Waals surface area (Å²) in [5, 5.41) is 9.46. The number of carbonyl (C=O) groups excluding carboxylic acids is 2. The molecular weight excluding hydrogens is 310 g/mol. The fraction of sp³-hybridized carbons (Fsp3) is 0.500. The van der Waals surface area contributed by atoms with Gasteiger partial charge in [-0.1, -0.05) is 6.92 Å². The van der Waals surface area contributed by atoms with Crippen LogP contribution in [0.2, 0.25) is 0 Å². The number of hydrogen-bond donors (Lipinski definition) is 2. The number of anilines is 1. The van der Waals surface area contributed by atoms with Gasteiger partial charge in [0.25, 0.3) is 0 Å². The zero-order valence-corrected chi connectivity index (χ0v) is 13.6. The lowest BCUT2D eigenvalue weighted by Crippen LogP contribution is -2.50. The third-order valence-electron chi connectivity index (χ3n) is 4.10. The minimum Gasteiger partial charge on any atom is -0.472 e. The molecule has 8 heteroatoms. The molecule has 0 unspecified atom stereocenters. The predicted octanol–water partition coefficient (Wildman–Crippen LogP) is 2.18. The summed E-state index contributed by atoms with van der Waals surface area (Å²) in [7, 11) is 0. The van der Waals surface area contributed by atoms with Gasteiger partial charge in [0.15, 0.2) is 5.82 Å². The van der Waals surface area contributed by atoms with Gasteiger partial charge >= 0.3 is 0 Å². The molecule has 0 spiro atoms. The zero-order chi connectivity index (χ0) is 16.9. The summed E-state index contributed by atoms with van der Waals surface area (Å²) in [5.41, 5.74) is 0.750. The number of likely N-dealkylation sites (tertiary alicyclic amines) is 1. The number of furan rings is 1. The van der Waals surface area contributed by atoms with Gasteiger partial charge in [0.1, 0.15) is 12.3 Å². The van der Waals surface area contributed by atoms with Crippen LogP contribution in [0.25, 0.3) is 11.4 Å². The Labute approximate surface area is 139 Å². The highest BCUT2D eigenvalue weighted by Crippen LogP contribution is 2.20. The molecule has 0 saturated carbocycles. The maximum Gasteiger partial charge on any atom is 0.249 e. The number of aromatic nitrogens is 3. The van der Waals surface area contributed by atoms with Crippen molar-refractivity contribution in [1.29, 1.82) is 0 Å². The molecule has 0 aromatic carbocycles. The summed E-state index contributed by atoms with van der Waals surface area (Å²) >= 11 is 0. The number of aromatic amines is 1. The van der Waals surface area contributed by atoms with Gasteiger partial charge in [-0.25, -0.2) is 0 Å². The van der Waals surface area contributed by atoms with Crippen molar-refractivity contribution < 1.29 is 14.0 Å². The minimum atomic E-state index is -0.450. The summed E-state index contributed by atoms with van der Waals surface area (Å²) in [4.78, 5) is 30.7. The van der Waals surface area contributed by atoms with Crippen molar-refractivity contribution in [3.63, 3.8) is 0 Å². The van der Waals surface area contributed by atoms with Crippen LogP contribution in [0.1, 0.15) is 39.0 Å². The van der Waals surface area contributed by atoms with Crippen LogP contribution >= 0.6 is 0 Å². The lowest BCUT2D eigenvalue weighted by Gasteiger charge is -2.34. The van der Waals surface area contributed by atoms with Crippen LogP contribution in [0.15, 0.2) is 23.0 Å². The smallest absolute Gasteiger partial charge is 0.249 e. The van der Waals surface area contributed by atoms with Crippen molar-refractivity contribution in [1.82, 2.24) is 20.1 Å². The van der Waals surface area contributed by atoms with E-state index in [1.807, 2.05) is 6.92 Å². The Kier molecular flexibility index (Phi) is 4.93. The minimum absolute atomic E-state index is 0.0337. The number of rotatable bonds is 5. The molecule has 1 fully saturated rings. The van der Waals surface area contributed by atoms with Gasteiger partial charge in [0.05, 0.1) is 11.8 Å². The molecule has 1 aliphatic heterocycles. The molecule has 2 amide bonds. The summed E-state index contributed by atoms with van der Waals surface area (Å²) in [5.74, 6) is 0.509. The third-order valence-corrected chi connectivity index (χ3v) is 4.10. The fourth-order valence-electron chi connectivity index (χ4n) is 2.90. The Morgan fingerprint density at radius 2 is 2.33 bits per heavy atom. The molecular formula is C16H21N5O3. The number of piperidine rings is 1. The highest BCUT2D eigenvalue weighted by atomic mass is 16.3. The second-order valence-corrected chi connectivity index (χ2v) is 5.86. The second-order valence-electron chi connectivity index (χ2n) is 5.86. The van der Waals surface area contributed by atoms with Crippen LogP contribution < -0.4 is 5.32 Å². The average Bonchev–Trinajstić information content (AvgIpc) is 3.26. The first-order valence-electron chi connectivity index (χ1n) is 8.24. The van der Waals surface area contributed by atoms with Crippen LogP contribution in [0, 0.1) is 0 Å². The fourth-order valence-corrected chi connectivity index (χ4v) is 2.90. The summed E-state index contributed by atoms with van der Waals surface area (Å²) in [6, 6.07) is 1.30. The Bertz CT molecular complexity index is 694. The molecule has 2 aromatic rings. The predicted molar refractivity (Wildman–Crippen MR) is 87.0 cm³/mol. The summed E-state index contributed by atoms with van der Waals surface area (Å²) in [6.07, 6.45) is 6.86. The van der Waals surface area contributed by atoms with Gasteiger partial charge in [0.2, 0.25) is 17.8 Å². The molecule has 2 aromatic heterocycles. The van der Waals surface area contributed by atoms with E-state index in [0.29, 0.717) is 25.2 Å². The normalized spacial score (nSPS) is 17.7. The maximum absolute atomic E-state index is 12.6. The maximum atomic E-state index is 12.6. The van der Waals surface area contributed by atoms with Crippen LogP contribution in [0.3, 0.4) is 0 Å². The number of nitrogens with zero attached hydrogens (tertiary/aromatic N) is 3. The summed E-state index contributed by atoms with van der Waals surface area (Å²) < 4.78 is 5.00. The van der Waals surface area contributed by atoms with Gasteiger partial charge in [-0.3, -0.25) is 20.0 Å². The first kappa shape index (κ1) is 16.2. The van der Waals surface area contributed by atoms with Crippen LogP contribution in [0.4, 0.5) is 5.95 Å². The SMILES string of the molecule is CCCC(=O)N1CCCC[C@H]1C(=O)Nc1n[nH]c(-c2ccoc2)n1. The van der Waals surface area contributed by atoms with E-state index in [2.05, 4.69) is 20.5 Å². The van der Waals surface area contributed by atoms with Crippen molar-refractivity contribution in [2.45, 2.75) is 45.1 Å².